The summed E-state index contributed by atoms with van der Waals surface area (Å²) in [5, 5.41) is 0. The SMILES string of the molecule is CC(C)OCCCN1C[C@@]23C=C[C@H](O2)[C@@H](C(=O)OCc2ccccc2)[C@@H]3C1=O. The predicted octanol–water partition coefficient (Wildman–Crippen LogP) is 2.33. The molecule has 28 heavy (non-hydrogen) atoms. The zero-order valence-corrected chi connectivity index (χ0v) is 16.4. The summed E-state index contributed by atoms with van der Waals surface area (Å²) < 4.78 is 17.2. The second kappa shape index (κ2) is 7.68. The van der Waals surface area contributed by atoms with Gasteiger partial charge in [0.2, 0.25) is 5.91 Å². The summed E-state index contributed by atoms with van der Waals surface area (Å²) in [6.07, 6.45) is 4.44. The van der Waals surface area contributed by atoms with E-state index in [2.05, 4.69) is 0 Å². The molecule has 2 bridgehead atoms. The van der Waals surface area contributed by atoms with E-state index in [0.29, 0.717) is 19.7 Å². The normalized spacial score (nSPS) is 30.3. The van der Waals surface area contributed by atoms with E-state index in [0.717, 1.165) is 12.0 Å². The molecule has 150 valence electrons. The van der Waals surface area contributed by atoms with E-state index in [1.165, 1.54) is 0 Å². The highest BCUT2D eigenvalue weighted by molar-refractivity contribution is 5.91. The van der Waals surface area contributed by atoms with Crippen molar-refractivity contribution < 1.29 is 23.8 Å². The van der Waals surface area contributed by atoms with Crippen LogP contribution >= 0.6 is 0 Å². The van der Waals surface area contributed by atoms with Gasteiger partial charge in [-0.1, -0.05) is 42.5 Å². The fraction of sp³-hybridized carbons (Fsp3) is 0.545. The minimum Gasteiger partial charge on any atom is -0.460 e. The summed E-state index contributed by atoms with van der Waals surface area (Å²) in [4.78, 5) is 27.7. The third kappa shape index (κ3) is 3.47. The number of esters is 1. The number of hydrogen-bond donors (Lipinski definition) is 0. The van der Waals surface area contributed by atoms with Gasteiger partial charge < -0.3 is 19.1 Å². The summed E-state index contributed by atoms with van der Waals surface area (Å²) in [7, 11) is 0. The first-order valence-electron chi connectivity index (χ1n) is 9.98. The summed E-state index contributed by atoms with van der Waals surface area (Å²) in [5.74, 6) is -1.43. The lowest BCUT2D eigenvalue weighted by molar-refractivity contribution is -0.155. The Labute approximate surface area is 165 Å². The van der Waals surface area contributed by atoms with Crippen LogP contribution in [-0.2, 0) is 30.4 Å². The Balaban J connectivity index is 1.39. The Morgan fingerprint density at radius 1 is 1.32 bits per heavy atom. The lowest BCUT2D eigenvalue weighted by Gasteiger charge is -2.22. The van der Waals surface area contributed by atoms with Crippen molar-refractivity contribution in [3.8, 4) is 0 Å². The van der Waals surface area contributed by atoms with E-state index in [1.54, 1.807) is 4.90 Å². The molecule has 0 saturated carbocycles. The largest absolute Gasteiger partial charge is 0.460 e. The van der Waals surface area contributed by atoms with E-state index in [9.17, 15) is 9.59 Å². The van der Waals surface area contributed by atoms with Crippen LogP contribution in [0.4, 0.5) is 0 Å². The van der Waals surface area contributed by atoms with Crippen molar-refractivity contribution in [3.05, 3.63) is 48.0 Å². The lowest BCUT2D eigenvalue weighted by atomic mass is 9.77. The van der Waals surface area contributed by atoms with Crippen molar-refractivity contribution in [2.75, 3.05) is 19.7 Å². The molecule has 2 saturated heterocycles. The van der Waals surface area contributed by atoms with Gasteiger partial charge in [-0.2, -0.15) is 0 Å². The Kier molecular flexibility index (Phi) is 5.25. The van der Waals surface area contributed by atoms with Gasteiger partial charge in [0, 0.05) is 13.2 Å². The fourth-order valence-corrected chi connectivity index (χ4v) is 4.44. The summed E-state index contributed by atoms with van der Waals surface area (Å²) in [5.41, 5.74) is 0.242. The van der Waals surface area contributed by atoms with Gasteiger partial charge >= 0.3 is 5.97 Å². The van der Waals surface area contributed by atoms with Crippen LogP contribution in [0.25, 0.3) is 0 Å². The molecule has 4 rings (SSSR count). The highest BCUT2D eigenvalue weighted by atomic mass is 16.6. The molecule has 3 aliphatic heterocycles. The number of amides is 1. The molecule has 0 aliphatic carbocycles. The molecular weight excluding hydrogens is 358 g/mol. The number of ether oxygens (including phenoxy) is 3. The zero-order valence-electron chi connectivity index (χ0n) is 16.4. The first kappa shape index (κ1) is 19.2. The number of carbonyl (C=O) groups excluding carboxylic acids is 2. The standard InChI is InChI=1S/C22H27NO5/c1-15(2)26-12-6-11-23-14-22-10-9-17(28-22)18(19(22)20(23)24)21(25)27-13-16-7-4-3-5-8-16/h3-5,7-10,15,17-19H,6,11-14H2,1-2H3/t17-,18+,19+,22+/m0/s1. The number of fused-ring (bicyclic) bond motifs is 1. The maximum absolute atomic E-state index is 13.1. The van der Waals surface area contributed by atoms with Crippen LogP contribution in [0.2, 0.25) is 0 Å². The van der Waals surface area contributed by atoms with Gasteiger partial charge in [0.25, 0.3) is 0 Å². The average Bonchev–Trinajstić information content (AvgIpc) is 3.32. The highest BCUT2D eigenvalue weighted by Crippen LogP contribution is 2.52. The number of rotatable bonds is 8. The second-order valence-electron chi connectivity index (χ2n) is 8.03. The third-order valence-corrected chi connectivity index (χ3v) is 5.70. The van der Waals surface area contributed by atoms with Crippen LogP contribution in [-0.4, -0.2) is 54.3 Å². The monoisotopic (exact) mass is 385 g/mol. The molecule has 2 fully saturated rings. The Morgan fingerprint density at radius 3 is 2.86 bits per heavy atom. The predicted molar refractivity (Wildman–Crippen MR) is 102 cm³/mol. The number of likely N-dealkylation sites (tertiary alicyclic amines) is 1. The van der Waals surface area contributed by atoms with Crippen LogP contribution in [0.15, 0.2) is 42.5 Å². The van der Waals surface area contributed by atoms with E-state index in [1.807, 2.05) is 56.3 Å². The van der Waals surface area contributed by atoms with Gasteiger partial charge in [0.15, 0.2) is 0 Å². The van der Waals surface area contributed by atoms with Crippen molar-refractivity contribution in [2.24, 2.45) is 11.8 Å². The molecule has 0 radical (unpaired) electrons. The van der Waals surface area contributed by atoms with E-state index in [-0.39, 0.29) is 30.7 Å². The van der Waals surface area contributed by atoms with Gasteiger partial charge in [-0.15, -0.1) is 0 Å². The summed E-state index contributed by atoms with van der Waals surface area (Å²) >= 11 is 0. The zero-order chi connectivity index (χ0) is 19.7. The second-order valence-corrected chi connectivity index (χ2v) is 8.03. The highest BCUT2D eigenvalue weighted by Gasteiger charge is 2.67. The maximum Gasteiger partial charge on any atom is 0.313 e. The Bertz CT molecular complexity index is 761. The van der Waals surface area contributed by atoms with Crippen molar-refractivity contribution in [3.63, 3.8) is 0 Å². The molecule has 4 atom stereocenters. The molecule has 0 unspecified atom stereocenters. The minimum atomic E-state index is -0.683. The molecule has 6 nitrogen and oxygen atoms in total. The van der Waals surface area contributed by atoms with Gasteiger partial charge in [-0.05, 0) is 25.8 Å². The molecule has 3 aliphatic rings. The van der Waals surface area contributed by atoms with Crippen molar-refractivity contribution >= 4 is 11.9 Å². The lowest BCUT2D eigenvalue weighted by Crippen LogP contribution is -2.40. The van der Waals surface area contributed by atoms with Crippen molar-refractivity contribution in [1.29, 1.82) is 0 Å². The van der Waals surface area contributed by atoms with Gasteiger partial charge in [0.1, 0.15) is 18.1 Å². The molecule has 6 heteroatoms. The van der Waals surface area contributed by atoms with Crippen LogP contribution < -0.4 is 0 Å². The summed E-state index contributed by atoms with van der Waals surface area (Å²) in [6.45, 7) is 5.91. The number of hydrogen-bond acceptors (Lipinski definition) is 5. The smallest absolute Gasteiger partial charge is 0.313 e. The van der Waals surface area contributed by atoms with Crippen LogP contribution in [0.5, 0.6) is 0 Å². The number of nitrogens with zero attached hydrogens (tertiary/aromatic N) is 1. The molecule has 1 amide bonds. The summed E-state index contributed by atoms with van der Waals surface area (Å²) in [6, 6.07) is 9.55. The Hall–Kier alpha value is -2.18. The van der Waals surface area contributed by atoms with Crippen molar-refractivity contribution in [1.82, 2.24) is 4.90 Å². The minimum absolute atomic E-state index is 0.0157. The van der Waals surface area contributed by atoms with E-state index >= 15 is 0 Å². The van der Waals surface area contributed by atoms with Crippen LogP contribution in [0.1, 0.15) is 25.8 Å². The average molecular weight is 385 g/mol. The molecule has 0 N–H and O–H groups in total. The van der Waals surface area contributed by atoms with Gasteiger partial charge in [-0.3, -0.25) is 9.59 Å². The van der Waals surface area contributed by atoms with Crippen molar-refractivity contribution in [2.45, 2.75) is 44.7 Å². The van der Waals surface area contributed by atoms with Gasteiger partial charge in [-0.25, -0.2) is 0 Å². The van der Waals surface area contributed by atoms with Crippen LogP contribution in [0, 0.1) is 11.8 Å². The molecule has 0 aromatic heterocycles. The molecule has 1 aromatic carbocycles. The molecular formula is C22H27NO5. The number of benzene rings is 1. The fourth-order valence-electron chi connectivity index (χ4n) is 4.44. The van der Waals surface area contributed by atoms with E-state index < -0.39 is 17.4 Å². The number of carbonyl (C=O) groups is 2. The first-order chi connectivity index (χ1) is 13.5. The maximum atomic E-state index is 13.1. The van der Waals surface area contributed by atoms with Crippen LogP contribution in [0.3, 0.4) is 0 Å². The van der Waals surface area contributed by atoms with Gasteiger partial charge in [0.05, 0.1) is 24.7 Å². The van der Waals surface area contributed by atoms with E-state index in [4.69, 9.17) is 14.2 Å². The first-order valence-corrected chi connectivity index (χ1v) is 9.98. The molecule has 1 spiro atoms. The Morgan fingerprint density at radius 2 is 2.11 bits per heavy atom. The molecule has 1 aromatic rings. The quantitative estimate of drug-likeness (QED) is 0.390. The topological polar surface area (TPSA) is 65.1 Å². The third-order valence-electron chi connectivity index (χ3n) is 5.70. The molecule has 3 heterocycles.